The van der Waals surface area contributed by atoms with Gasteiger partial charge in [0.1, 0.15) is 5.82 Å². The molecule has 0 aliphatic rings. The number of benzene rings is 2. The van der Waals surface area contributed by atoms with E-state index in [1.165, 1.54) is 17.7 Å². The third-order valence-electron chi connectivity index (χ3n) is 3.05. The van der Waals surface area contributed by atoms with E-state index in [1.807, 2.05) is 37.3 Å². The van der Waals surface area contributed by atoms with Gasteiger partial charge in [-0.3, -0.25) is 0 Å². The topological polar surface area (TPSA) is 26.0 Å². The molecule has 0 saturated carbocycles. The summed E-state index contributed by atoms with van der Waals surface area (Å²) in [6.07, 6.45) is 1.26. The zero-order valence-electron chi connectivity index (χ0n) is 10.9. The molecule has 2 aromatic rings. The number of nitrogens with two attached hydrogens (primary N) is 1. The SMILES string of the molecule is CC(N)(Cc1ccccc1)Cc1cc(F)ccc1Cl. The predicted molar refractivity (Wildman–Crippen MR) is 77.9 cm³/mol. The summed E-state index contributed by atoms with van der Waals surface area (Å²) < 4.78 is 13.2. The lowest BCUT2D eigenvalue weighted by atomic mass is 9.87. The maximum atomic E-state index is 13.2. The molecule has 100 valence electrons. The molecule has 0 radical (unpaired) electrons. The quantitative estimate of drug-likeness (QED) is 0.899. The fourth-order valence-corrected chi connectivity index (χ4v) is 2.42. The number of hydrogen-bond donors (Lipinski definition) is 1. The first kappa shape index (κ1) is 14.0. The Balaban J connectivity index is 2.14. The highest BCUT2D eigenvalue weighted by Gasteiger charge is 2.21. The second kappa shape index (κ2) is 5.72. The molecule has 0 fully saturated rings. The van der Waals surface area contributed by atoms with Crippen LogP contribution in [0.1, 0.15) is 18.1 Å². The van der Waals surface area contributed by atoms with Crippen molar-refractivity contribution in [1.29, 1.82) is 0 Å². The van der Waals surface area contributed by atoms with Crippen molar-refractivity contribution in [1.82, 2.24) is 0 Å². The lowest BCUT2D eigenvalue weighted by Crippen LogP contribution is -2.41. The van der Waals surface area contributed by atoms with E-state index < -0.39 is 5.54 Å². The van der Waals surface area contributed by atoms with Crippen LogP contribution in [0.5, 0.6) is 0 Å². The van der Waals surface area contributed by atoms with Gasteiger partial charge in [0, 0.05) is 10.6 Å². The highest BCUT2D eigenvalue weighted by Crippen LogP contribution is 2.23. The van der Waals surface area contributed by atoms with Gasteiger partial charge in [0.25, 0.3) is 0 Å². The number of hydrogen-bond acceptors (Lipinski definition) is 1. The Morgan fingerprint density at radius 1 is 1.11 bits per heavy atom. The van der Waals surface area contributed by atoms with Crippen molar-refractivity contribution in [2.24, 2.45) is 5.73 Å². The minimum atomic E-state index is -0.460. The third-order valence-corrected chi connectivity index (χ3v) is 3.42. The summed E-state index contributed by atoms with van der Waals surface area (Å²) >= 11 is 6.08. The minimum absolute atomic E-state index is 0.282. The molecule has 0 bridgehead atoms. The van der Waals surface area contributed by atoms with Crippen molar-refractivity contribution in [2.75, 3.05) is 0 Å². The fourth-order valence-electron chi connectivity index (χ4n) is 2.24. The van der Waals surface area contributed by atoms with Gasteiger partial charge in [0.05, 0.1) is 0 Å². The molecule has 1 unspecified atom stereocenters. The molecule has 2 rings (SSSR count). The first-order valence-electron chi connectivity index (χ1n) is 6.23. The summed E-state index contributed by atoms with van der Waals surface area (Å²) in [7, 11) is 0. The van der Waals surface area contributed by atoms with E-state index in [-0.39, 0.29) is 5.82 Å². The van der Waals surface area contributed by atoms with Gasteiger partial charge in [-0.05, 0) is 49.1 Å². The van der Waals surface area contributed by atoms with E-state index in [0.717, 1.165) is 12.0 Å². The summed E-state index contributed by atoms with van der Waals surface area (Å²) in [6.45, 7) is 1.96. The van der Waals surface area contributed by atoms with E-state index >= 15 is 0 Å². The van der Waals surface area contributed by atoms with Crippen molar-refractivity contribution in [2.45, 2.75) is 25.3 Å². The lowest BCUT2D eigenvalue weighted by molar-refractivity contribution is 0.461. The van der Waals surface area contributed by atoms with Gasteiger partial charge in [0.15, 0.2) is 0 Å². The summed E-state index contributed by atoms with van der Waals surface area (Å²) in [6, 6.07) is 14.4. The van der Waals surface area contributed by atoms with Gasteiger partial charge in [-0.1, -0.05) is 41.9 Å². The Morgan fingerprint density at radius 3 is 2.47 bits per heavy atom. The van der Waals surface area contributed by atoms with Gasteiger partial charge < -0.3 is 5.73 Å². The van der Waals surface area contributed by atoms with E-state index in [9.17, 15) is 4.39 Å². The van der Waals surface area contributed by atoms with Crippen molar-refractivity contribution >= 4 is 11.6 Å². The Morgan fingerprint density at radius 2 is 1.79 bits per heavy atom. The third kappa shape index (κ3) is 4.05. The summed E-state index contributed by atoms with van der Waals surface area (Å²) in [5, 5.41) is 0.561. The van der Waals surface area contributed by atoms with Crippen LogP contribution in [0.3, 0.4) is 0 Å². The Kier molecular flexibility index (Phi) is 4.23. The molecule has 0 aliphatic heterocycles. The van der Waals surface area contributed by atoms with E-state index in [4.69, 9.17) is 17.3 Å². The summed E-state index contributed by atoms with van der Waals surface area (Å²) in [5.74, 6) is -0.282. The van der Waals surface area contributed by atoms with Gasteiger partial charge >= 0.3 is 0 Å². The van der Waals surface area contributed by atoms with E-state index in [0.29, 0.717) is 11.4 Å². The maximum absolute atomic E-state index is 13.2. The Hall–Kier alpha value is -1.38. The first-order valence-corrected chi connectivity index (χ1v) is 6.61. The molecule has 0 heterocycles. The van der Waals surface area contributed by atoms with Gasteiger partial charge in [-0.2, -0.15) is 0 Å². The van der Waals surface area contributed by atoms with Crippen LogP contribution in [0.4, 0.5) is 4.39 Å². The molecule has 2 N–H and O–H groups in total. The normalized spacial score (nSPS) is 14.1. The number of halogens is 2. The molecule has 3 heteroatoms. The van der Waals surface area contributed by atoms with Crippen LogP contribution in [-0.2, 0) is 12.8 Å². The molecule has 0 saturated heterocycles. The van der Waals surface area contributed by atoms with Crippen molar-refractivity contribution in [3.8, 4) is 0 Å². The molecule has 1 nitrogen and oxygen atoms in total. The second-order valence-corrected chi connectivity index (χ2v) is 5.64. The maximum Gasteiger partial charge on any atom is 0.123 e. The summed E-state index contributed by atoms with van der Waals surface area (Å²) in [5.41, 5.74) is 7.78. The molecule has 2 aromatic carbocycles. The van der Waals surface area contributed by atoms with Crippen LogP contribution in [0.2, 0.25) is 5.02 Å². The smallest absolute Gasteiger partial charge is 0.123 e. The van der Waals surface area contributed by atoms with Crippen molar-refractivity contribution in [3.63, 3.8) is 0 Å². The Bertz CT molecular complexity index is 552. The van der Waals surface area contributed by atoms with Crippen molar-refractivity contribution < 1.29 is 4.39 Å². The van der Waals surface area contributed by atoms with Crippen LogP contribution in [0.25, 0.3) is 0 Å². The zero-order valence-corrected chi connectivity index (χ0v) is 11.6. The highest BCUT2D eigenvalue weighted by atomic mass is 35.5. The van der Waals surface area contributed by atoms with Gasteiger partial charge in [0.2, 0.25) is 0 Å². The molecule has 19 heavy (non-hydrogen) atoms. The predicted octanol–water partition coefficient (Wildman–Crippen LogP) is 3.98. The molecule has 1 atom stereocenters. The monoisotopic (exact) mass is 277 g/mol. The van der Waals surface area contributed by atoms with Gasteiger partial charge in [-0.15, -0.1) is 0 Å². The molecular formula is C16H17ClFN. The molecule has 0 spiro atoms. The largest absolute Gasteiger partial charge is 0.325 e. The van der Waals surface area contributed by atoms with Crippen LogP contribution in [0.15, 0.2) is 48.5 Å². The first-order chi connectivity index (χ1) is 8.96. The fraction of sp³-hybridized carbons (Fsp3) is 0.250. The van der Waals surface area contributed by atoms with Crippen LogP contribution < -0.4 is 5.73 Å². The molecule has 0 aromatic heterocycles. The second-order valence-electron chi connectivity index (χ2n) is 5.23. The lowest BCUT2D eigenvalue weighted by Gasteiger charge is -2.25. The van der Waals surface area contributed by atoms with Crippen LogP contribution in [-0.4, -0.2) is 5.54 Å². The number of rotatable bonds is 4. The zero-order chi connectivity index (χ0) is 13.9. The van der Waals surface area contributed by atoms with E-state index in [1.54, 1.807) is 6.07 Å². The van der Waals surface area contributed by atoms with Gasteiger partial charge in [-0.25, -0.2) is 4.39 Å². The molecular weight excluding hydrogens is 261 g/mol. The molecule has 0 aliphatic carbocycles. The minimum Gasteiger partial charge on any atom is -0.325 e. The van der Waals surface area contributed by atoms with Crippen LogP contribution >= 0.6 is 11.6 Å². The van der Waals surface area contributed by atoms with E-state index in [2.05, 4.69) is 0 Å². The highest BCUT2D eigenvalue weighted by molar-refractivity contribution is 6.31. The molecule has 0 amide bonds. The van der Waals surface area contributed by atoms with Crippen LogP contribution in [0, 0.1) is 5.82 Å². The average Bonchev–Trinajstić information content (AvgIpc) is 2.34. The van der Waals surface area contributed by atoms with Crippen molar-refractivity contribution in [3.05, 3.63) is 70.5 Å². The Labute approximate surface area is 118 Å². The summed E-state index contributed by atoms with van der Waals surface area (Å²) in [4.78, 5) is 0. The standard InChI is InChI=1S/C16H17ClFN/c1-16(19,10-12-5-3-2-4-6-12)11-13-9-14(18)7-8-15(13)17/h2-9H,10-11,19H2,1H3. The average molecular weight is 278 g/mol.